The highest BCUT2D eigenvalue weighted by molar-refractivity contribution is 9.10. The molecule has 1 amide bonds. The normalized spacial score (nSPS) is 11.0. The number of nitrogens with one attached hydrogen (secondary N) is 1. The maximum Gasteiger partial charge on any atom is 0.248 e. The van der Waals surface area contributed by atoms with E-state index in [1.807, 2.05) is 49.4 Å². The van der Waals surface area contributed by atoms with Gasteiger partial charge in [-0.1, -0.05) is 34.1 Å². The number of aryl methyl sites for hydroxylation is 1. The van der Waals surface area contributed by atoms with Crippen LogP contribution in [0.3, 0.4) is 0 Å². The molecule has 23 heavy (non-hydrogen) atoms. The third kappa shape index (κ3) is 3.81. The first-order chi connectivity index (χ1) is 11.1. The number of fused-ring (bicyclic) bond motifs is 1. The van der Waals surface area contributed by atoms with Gasteiger partial charge in [0.1, 0.15) is 0 Å². The molecule has 2 aromatic carbocycles. The van der Waals surface area contributed by atoms with Crippen molar-refractivity contribution in [3.8, 4) is 0 Å². The lowest BCUT2D eigenvalue weighted by Gasteiger charge is -2.06. The average molecular weight is 368 g/mol. The van der Waals surface area contributed by atoms with Crippen molar-refractivity contribution < 1.29 is 4.79 Å². The van der Waals surface area contributed by atoms with Crippen LogP contribution >= 0.6 is 15.9 Å². The minimum atomic E-state index is -0.207. The number of rotatable bonds is 3. The van der Waals surface area contributed by atoms with Crippen molar-refractivity contribution in [2.45, 2.75) is 6.92 Å². The summed E-state index contributed by atoms with van der Waals surface area (Å²) in [5, 5.41) is 2.85. The summed E-state index contributed by atoms with van der Waals surface area (Å²) in [6.45, 7) is 1.95. The van der Waals surface area contributed by atoms with E-state index < -0.39 is 0 Å². The molecule has 0 atom stereocenters. The Morgan fingerprint density at radius 3 is 2.78 bits per heavy atom. The highest BCUT2D eigenvalue weighted by Gasteiger charge is 2.03. The zero-order valence-electron chi connectivity index (χ0n) is 12.5. The van der Waals surface area contributed by atoms with Crippen molar-refractivity contribution in [1.82, 2.24) is 9.97 Å². The van der Waals surface area contributed by atoms with Crippen molar-refractivity contribution >= 4 is 44.6 Å². The number of carbonyl (C=O) groups is 1. The number of carbonyl (C=O) groups excluding carboxylic acids is 1. The van der Waals surface area contributed by atoms with Gasteiger partial charge >= 0.3 is 0 Å². The van der Waals surface area contributed by atoms with E-state index in [1.54, 1.807) is 12.3 Å². The number of aromatic nitrogens is 2. The van der Waals surface area contributed by atoms with Gasteiger partial charge in [-0.3, -0.25) is 9.78 Å². The van der Waals surface area contributed by atoms with E-state index >= 15 is 0 Å². The van der Waals surface area contributed by atoms with Crippen LogP contribution < -0.4 is 5.32 Å². The molecule has 0 aliphatic rings. The van der Waals surface area contributed by atoms with Gasteiger partial charge in [-0.2, -0.15) is 0 Å². The zero-order valence-corrected chi connectivity index (χ0v) is 14.0. The lowest BCUT2D eigenvalue weighted by molar-refractivity contribution is -0.111. The van der Waals surface area contributed by atoms with Crippen LogP contribution in [0.1, 0.15) is 11.3 Å². The Balaban J connectivity index is 1.75. The molecule has 1 heterocycles. The van der Waals surface area contributed by atoms with E-state index in [-0.39, 0.29) is 5.91 Å². The predicted molar refractivity (Wildman–Crippen MR) is 96.1 cm³/mol. The lowest BCUT2D eigenvalue weighted by atomic mass is 10.2. The maximum absolute atomic E-state index is 12.1. The minimum Gasteiger partial charge on any atom is -0.322 e. The standard InChI is InChI=1S/C18H14BrN3O/c1-12-6-7-13(19)10-17(12)22-18(23)9-8-14-11-20-15-4-2-3-5-16(15)21-14/h2-11H,1H3,(H,22,23)/b9-8+. The Kier molecular flexibility index (Phi) is 4.48. The van der Waals surface area contributed by atoms with Crippen molar-refractivity contribution in [3.63, 3.8) is 0 Å². The molecule has 0 aliphatic carbocycles. The van der Waals surface area contributed by atoms with Crippen LogP contribution in [0.15, 0.2) is 59.2 Å². The molecule has 3 rings (SSSR count). The van der Waals surface area contributed by atoms with Gasteiger partial charge in [0.15, 0.2) is 0 Å². The second kappa shape index (κ2) is 6.71. The van der Waals surface area contributed by atoms with Crippen LogP contribution in [0.25, 0.3) is 17.1 Å². The van der Waals surface area contributed by atoms with Gasteiger partial charge in [-0.15, -0.1) is 0 Å². The molecule has 1 N–H and O–H groups in total. The van der Waals surface area contributed by atoms with Crippen LogP contribution in [-0.2, 0) is 4.79 Å². The third-order valence-electron chi connectivity index (χ3n) is 3.33. The lowest BCUT2D eigenvalue weighted by Crippen LogP contribution is -2.09. The average Bonchev–Trinajstić information content (AvgIpc) is 2.56. The smallest absolute Gasteiger partial charge is 0.248 e. The first-order valence-electron chi connectivity index (χ1n) is 7.09. The molecule has 4 nitrogen and oxygen atoms in total. The summed E-state index contributed by atoms with van der Waals surface area (Å²) in [6.07, 6.45) is 4.76. The Labute approximate surface area is 142 Å². The largest absolute Gasteiger partial charge is 0.322 e. The molecular weight excluding hydrogens is 354 g/mol. The number of amides is 1. The SMILES string of the molecule is Cc1ccc(Br)cc1NC(=O)/C=C/c1cnc2ccccc2n1. The quantitative estimate of drug-likeness (QED) is 0.700. The van der Waals surface area contributed by atoms with E-state index in [4.69, 9.17) is 0 Å². The highest BCUT2D eigenvalue weighted by Crippen LogP contribution is 2.20. The molecule has 0 saturated heterocycles. The second-order valence-corrected chi connectivity index (χ2v) is 5.98. The fourth-order valence-electron chi connectivity index (χ4n) is 2.12. The van der Waals surface area contributed by atoms with E-state index in [0.717, 1.165) is 26.8 Å². The fourth-order valence-corrected chi connectivity index (χ4v) is 2.48. The number of hydrogen-bond acceptors (Lipinski definition) is 3. The Morgan fingerprint density at radius 2 is 1.96 bits per heavy atom. The predicted octanol–water partition coefficient (Wildman–Crippen LogP) is 4.35. The Morgan fingerprint density at radius 1 is 1.17 bits per heavy atom. The molecule has 0 spiro atoms. The third-order valence-corrected chi connectivity index (χ3v) is 3.82. The summed E-state index contributed by atoms with van der Waals surface area (Å²) in [6, 6.07) is 13.4. The van der Waals surface area contributed by atoms with Gasteiger partial charge in [-0.25, -0.2) is 4.98 Å². The molecule has 3 aromatic rings. The van der Waals surface area contributed by atoms with E-state index in [0.29, 0.717) is 5.69 Å². The van der Waals surface area contributed by atoms with Gasteiger partial charge < -0.3 is 5.32 Å². The van der Waals surface area contributed by atoms with E-state index in [2.05, 4.69) is 31.2 Å². The molecule has 5 heteroatoms. The van der Waals surface area contributed by atoms with Gasteiger partial charge in [-0.05, 0) is 42.8 Å². The number of anilines is 1. The summed E-state index contributed by atoms with van der Waals surface area (Å²) in [5.74, 6) is -0.207. The second-order valence-electron chi connectivity index (χ2n) is 5.07. The number of hydrogen-bond donors (Lipinski definition) is 1. The zero-order chi connectivity index (χ0) is 16.2. The van der Waals surface area contributed by atoms with Crippen molar-refractivity contribution in [1.29, 1.82) is 0 Å². The van der Waals surface area contributed by atoms with E-state index in [1.165, 1.54) is 6.08 Å². The summed E-state index contributed by atoms with van der Waals surface area (Å²) < 4.78 is 0.919. The maximum atomic E-state index is 12.1. The molecule has 0 aliphatic heterocycles. The minimum absolute atomic E-state index is 0.207. The molecule has 0 saturated carbocycles. The summed E-state index contributed by atoms with van der Waals surface area (Å²) in [5.41, 5.74) is 4.06. The number of para-hydroxylation sites is 2. The molecule has 0 bridgehead atoms. The number of halogens is 1. The fraction of sp³-hybridized carbons (Fsp3) is 0.0556. The number of nitrogens with zero attached hydrogens (tertiary/aromatic N) is 2. The topological polar surface area (TPSA) is 54.9 Å². The molecule has 0 radical (unpaired) electrons. The molecular formula is C18H14BrN3O. The first kappa shape index (κ1) is 15.4. The molecule has 1 aromatic heterocycles. The van der Waals surface area contributed by atoms with Gasteiger partial charge in [0.2, 0.25) is 5.91 Å². The Hall–Kier alpha value is -2.53. The summed E-state index contributed by atoms with van der Waals surface area (Å²) in [4.78, 5) is 20.8. The highest BCUT2D eigenvalue weighted by atomic mass is 79.9. The summed E-state index contributed by atoms with van der Waals surface area (Å²) in [7, 11) is 0. The van der Waals surface area contributed by atoms with Gasteiger partial charge in [0, 0.05) is 16.2 Å². The van der Waals surface area contributed by atoms with Crippen molar-refractivity contribution in [2.75, 3.05) is 5.32 Å². The summed E-state index contributed by atoms with van der Waals surface area (Å²) >= 11 is 3.40. The van der Waals surface area contributed by atoms with Crippen LogP contribution in [0.5, 0.6) is 0 Å². The van der Waals surface area contributed by atoms with Crippen molar-refractivity contribution in [3.05, 3.63) is 70.5 Å². The molecule has 114 valence electrons. The van der Waals surface area contributed by atoms with E-state index in [9.17, 15) is 4.79 Å². The number of benzene rings is 2. The first-order valence-corrected chi connectivity index (χ1v) is 7.88. The Bertz CT molecular complexity index is 906. The van der Waals surface area contributed by atoms with Crippen LogP contribution in [0, 0.1) is 6.92 Å². The van der Waals surface area contributed by atoms with Crippen LogP contribution in [0.2, 0.25) is 0 Å². The van der Waals surface area contributed by atoms with Crippen molar-refractivity contribution in [2.24, 2.45) is 0 Å². The van der Waals surface area contributed by atoms with Gasteiger partial charge in [0.05, 0.1) is 22.9 Å². The molecule has 0 unspecified atom stereocenters. The molecule has 0 fully saturated rings. The monoisotopic (exact) mass is 367 g/mol. The van der Waals surface area contributed by atoms with Crippen LogP contribution in [-0.4, -0.2) is 15.9 Å². The van der Waals surface area contributed by atoms with Gasteiger partial charge in [0.25, 0.3) is 0 Å². The van der Waals surface area contributed by atoms with Crippen LogP contribution in [0.4, 0.5) is 5.69 Å².